The molecule has 2 aliphatic heterocycles. The zero-order chi connectivity index (χ0) is 19.5. The number of piperazine rings is 2. The average molecular weight is 380 g/mol. The SMILES string of the molecule is Cc1cccc(N2CCN(C(=O)c3cnc(N4CCN(C)CC4)cn3)CC2)c1. The van der Waals surface area contributed by atoms with Crippen LogP contribution in [-0.2, 0) is 0 Å². The van der Waals surface area contributed by atoms with Crippen LogP contribution >= 0.6 is 0 Å². The van der Waals surface area contributed by atoms with Gasteiger partial charge in [-0.3, -0.25) is 4.79 Å². The van der Waals surface area contributed by atoms with E-state index in [0.717, 1.165) is 45.1 Å². The molecule has 4 rings (SSSR count). The lowest BCUT2D eigenvalue weighted by molar-refractivity contribution is 0.0740. The molecular weight excluding hydrogens is 352 g/mol. The van der Waals surface area contributed by atoms with Crippen LogP contribution in [0.5, 0.6) is 0 Å². The van der Waals surface area contributed by atoms with E-state index in [9.17, 15) is 4.79 Å². The van der Waals surface area contributed by atoms with Crippen molar-refractivity contribution < 1.29 is 4.79 Å². The van der Waals surface area contributed by atoms with Crippen LogP contribution in [0.25, 0.3) is 0 Å². The largest absolute Gasteiger partial charge is 0.368 e. The Bertz CT molecular complexity index is 808. The number of hydrogen-bond donors (Lipinski definition) is 0. The molecule has 148 valence electrons. The molecule has 28 heavy (non-hydrogen) atoms. The number of hydrogen-bond acceptors (Lipinski definition) is 6. The lowest BCUT2D eigenvalue weighted by Crippen LogP contribution is -2.49. The van der Waals surface area contributed by atoms with Gasteiger partial charge in [-0.15, -0.1) is 0 Å². The summed E-state index contributed by atoms with van der Waals surface area (Å²) in [6, 6.07) is 8.51. The fraction of sp³-hybridized carbons (Fsp3) is 0.476. The molecule has 0 atom stereocenters. The fourth-order valence-corrected chi connectivity index (χ4v) is 3.78. The summed E-state index contributed by atoms with van der Waals surface area (Å²) in [5, 5.41) is 0. The van der Waals surface area contributed by atoms with E-state index in [2.05, 4.69) is 62.9 Å². The molecule has 0 spiro atoms. The normalized spacial score (nSPS) is 18.4. The first-order chi connectivity index (χ1) is 13.6. The molecule has 7 nitrogen and oxygen atoms in total. The third-order valence-corrected chi connectivity index (χ3v) is 5.62. The zero-order valence-electron chi connectivity index (χ0n) is 16.7. The highest BCUT2D eigenvalue weighted by atomic mass is 16.2. The standard InChI is InChI=1S/C21H28N6O/c1-17-4-3-5-18(14-17)25-10-12-27(13-11-25)21(28)19-15-23-20(16-22-19)26-8-6-24(2)7-9-26/h3-5,14-16H,6-13H2,1-2H3. The summed E-state index contributed by atoms with van der Waals surface area (Å²) < 4.78 is 0. The van der Waals surface area contributed by atoms with Crippen molar-refractivity contribution in [2.75, 3.05) is 69.2 Å². The second-order valence-corrected chi connectivity index (χ2v) is 7.67. The van der Waals surface area contributed by atoms with Gasteiger partial charge in [0.15, 0.2) is 0 Å². The smallest absolute Gasteiger partial charge is 0.274 e. The third-order valence-electron chi connectivity index (χ3n) is 5.62. The summed E-state index contributed by atoms with van der Waals surface area (Å²) in [5.41, 5.74) is 2.91. The van der Waals surface area contributed by atoms with E-state index in [0.29, 0.717) is 18.8 Å². The summed E-state index contributed by atoms with van der Waals surface area (Å²) >= 11 is 0. The maximum Gasteiger partial charge on any atom is 0.274 e. The molecule has 1 aromatic carbocycles. The van der Waals surface area contributed by atoms with Crippen molar-refractivity contribution in [3.8, 4) is 0 Å². The molecule has 0 bridgehead atoms. The molecule has 0 radical (unpaired) electrons. The number of amides is 1. The Morgan fingerprint density at radius 2 is 1.61 bits per heavy atom. The van der Waals surface area contributed by atoms with E-state index in [1.807, 2.05) is 4.90 Å². The average Bonchev–Trinajstić information content (AvgIpc) is 2.74. The molecule has 7 heteroatoms. The molecule has 2 fully saturated rings. The number of aryl methyl sites for hydroxylation is 1. The minimum Gasteiger partial charge on any atom is -0.368 e. The molecule has 0 unspecified atom stereocenters. The fourth-order valence-electron chi connectivity index (χ4n) is 3.78. The Balaban J connectivity index is 1.35. The van der Waals surface area contributed by atoms with Gasteiger partial charge < -0.3 is 19.6 Å². The van der Waals surface area contributed by atoms with Crippen LogP contribution in [0.2, 0.25) is 0 Å². The van der Waals surface area contributed by atoms with Crippen molar-refractivity contribution in [1.29, 1.82) is 0 Å². The highest BCUT2D eigenvalue weighted by molar-refractivity contribution is 5.92. The van der Waals surface area contributed by atoms with E-state index in [1.165, 1.54) is 11.3 Å². The van der Waals surface area contributed by atoms with Gasteiger partial charge in [0, 0.05) is 58.0 Å². The minimum absolute atomic E-state index is 0.0266. The van der Waals surface area contributed by atoms with E-state index in [-0.39, 0.29) is 5.91 Å². The van der Waals surface area contributed by atoms with Crippen molar-refractivity contribution >= 4 is 17.4 Å². The minimum atomic E-state index is -0.0266. The predicted octanol–water partition coefficient (Wildman–Crippen LogP) is 1.50. The molecule has 1 aromatic heterocycles. The highest BCUT2D eigenvalue weighted by Gasteiger charge is 2.24. The van der Waals surface area contributed by atoms with E-state index < -0.39 is 0 Å². The lowest BCUT2D eigenvalue weighted by Gasteiger charge is -2.36. The van der Waals surface area contributed by atoms with Gasteiger partial charge in [0.2, 0.25) is 0 Å². The molecular formula is C21H28N6O. The highest BCUT2D eigenvalue weighted by Crippen LogP contribution is 2.19. The van der Waals surface area contributed by atoms with Crippen LogP contribution in [-0.4, -0.2) is 85.1 Å². The van der Waals surface area contributed by atoms with Crippen LogP contribution in [0.15, 0.2) is 36.7 Å². The van der Waals surface area contributed by atoms with E-state index in [4.69, 9.17) is 0 Å². The summed E-state index contributed by atoms with van der Waals surface area (Å²) in [6.45, 7) is 9.11. The second kappa shape index (κ2) is 8.14. The number of rotatable bonds is 3. The van der Waals surface area contributed by atoms with E-state index >= 15 is 0 Å². The first kappa shape index (κ1) is 18.7. The Morgan fingerprint density at radius 3 is 2.25 bits per heavy atom. The Morgan fingerprint density at radius 1 is 0.893 bits per heavy atom. The molecule has 0 N–H and O–H groups in total. The molecule has 3 heterocycles. The Labute approximate surface area is 166 Å². The summed E-state index contributed by atoms with van der Waals surface area (Å²) in [7, 11) is 2.13. The number of carbonyl (C=O) groups is 1. The topological polar surface area (TPSA) is 55.8 Å². The number of carbonyl (C=O) groups excluding carboxylic acids is 1. The van der Waals surface area contributed by atoms with Gasteiger partial charge in [0.25, 0.3) is 5.91 Å². The number of anilines is 2. The van der Waals surface area contributed by atoms with Crippen molar-refractivity contribution in [2.45, 2.75) is 6.92 Å². The summed E-state index contributed by atoms with van der Waals surface area (Å²) in [4.78, 5) is 30.5. The van der Waals surface area contributed by atoms with Crippen LogP contribution < -0.4 is 9.80 Å². The van der Waals surface area contributed by atoms with Crippen molar-refractivity contribution in [3.05, 3.63) is 47.9 Å². The first-order valence-corrected chi connectivity index (χ1v) is 9.96. The van der Waals surface area contributed by atoms with Crippen molar-refractivity contribution in [3.63, 3.8) is 0 Å². The second-order valence-electron chi connectivity index (χ2n) is 7.67. The maximum atomic E-state index is 12.8. The molecule has 2 aromatic rings. The van der Waals surface area contributed by atoms with Gasteiger partial charge >= 0.3 is 0 Å². The van der Waals surface area contributed by atoms with Gasteiger partial charge in [-0.25, -0.2) is 9.97 Å². The molecule has 0 saturated carbocycles. The van der Waals surface area contributed by atoms with Gasteiger partial charge in [0.1, 0.15) is 11.5 Å². The predicted molar refractivity (Wildman–Crippen MR) is 111 cm³/mol. The third kappa shape index (κ3) is 4.09. The quantitative estimate of drug-likeness (QED) is 0.804. The number of benzene rings is 1. The first-order valence-electron chi connectivity index (χ1n) is 9.96. The van der Waals surface area contributed by atoms with Crippen LogP contribution in [0.3, 0.4) is 0 Å². The van der Waals surface area contributed by atoms with Crippen LogP contribution in [0.4, 0.5) is 11.5 Å². The van der Waals surface area contributed by atoms with Gasteiger partial charge in [-0.05, 0) is 31.7 Å². The maximum absolute atomic E-state index is 12.8. The molecule has 2 saturated heterocycles. The van der Waals surface area contributed by atoms with Gasteiger partial charge in [0.05, 0.1) is 12.4 Å². The lowest BCUT2D eigenvalue weighted by atomic mass is 10.2. The van der Waals surface area contributed by atoms with Gasteiger partial charge in [-0.2, -0.15) is 0 Å². The molecule has 0 aliphatic carbocycles. The van der Waals surface area contributed by atoms with Crippen LogP contribution in [0.1, 0.15) is 16.1 Å². The Hall–Kier alpha value is -2.67. The Kier molecular flexibility index (Phi) is 5.43. The number of aromatic nitrogens is 2. The molecule has 1 amide bonds. The number of likely N-dealkylation sites (N-methyl/N-ethyl adjacent to an activating group) is 1. The van der Waals surface area contributed by atoms with Crippen molar-refractivity contribution in [1.82, 2.24) is 19.8 Å². The summed E-state index contributed by atoms with van der Waals surface area (Å²) in [5.74, 6) is 0.829. The van der Waals surface area contributed by atoms with Gasteiger partial charge in [-0.1, -0.05) is 12.1 Å². The monoisotopic (exact) mass is 380 g/mol. The van der Waals surface area contributed by atoms with E-state index in [1.54, 1.807) is 12.4 Å². The summed E-state index contributed by atoms with van der Waals surface area (Å²) in [6.07, 6.45) is 3.37. The number of nitrogens with zero attached hydrogens (tertiary/aromatic N) is 6. The van der Waals surface area contributed by atoms with Crippen molar-refractivity contribution in [2.24, 2.45) is 0 Å². The zero-order valence-corrected chi connectivity index (χ0v) is 16.7. The molecule has 2 aliphatic rings. The van der Waals surface area contributed by atoms with Crippen LogP contribution in [0, 0.1) is 6.92 Å².